The van der Waals surface area contributed by atoms with Gasteiger partial charge < -0.3 is 4.90 Å². The number of nitrogens with zero attached hydrogens (tertiary/aromatic N) is 3. The molecule has 1 heterocycles. The number of carbonyl (C=O) groups excluding carboxylic acids is 1. The first-order chi connectivity index (χ1) is 11.1. The van der Waals surface area contributed by atoms with Crippen LogP contribution < -0.4 is 4.90 Å². The number of thioether (sulfide) groups is 1. The first kappa shape index (κ1) is 17.3. The number of hydrogen-bond donors (Lipinski definition) is 0. The molecule has 1 saturated heterocycles. The van der Waals surface area contributed by atoms with Crippen molar-refractivity contribution in [2.45, 2.75) is 6.42 Å². The van der Waals surface area contributed by atoms with Crippen LogP contribution in [-0.2, 0) is 4.79 Å². The Morgan fingerprint density at radius 3 is 2.74 bits per heavy atom. The molecule has 1 aliphatic rings. The lowest BCUT2D eigenvalue weighted by Crippen LogP contribution is -2.27. The fourth-order valence-corrected chi connectivity index (χ4v) is 3.38. The highest BCUT2D eigenvalue weighted by Crippen LogP contribution is 2.32. The Hall–Kier alpha value is -2.10. The highest BCUT2D eigenvalue weighted by Gasteiger charge is 2.30. The van der Waals surface area contributed by atoms with Gasteiger partial charge in [-0.25, -0.2) is 0 Å². The van der Waals surface area contributed by atoms with Gasteiger partial charge in [0.15, 0.2) is 0 Å². The molecule has 0 unspecified atom stereocenters. The first-order valence-corrected chi connectivity index (χ1v) is 8.33. The molecule has 23 heavy (non-hydrogen) atoms. The summed E-state index contributed by atoms with van der Waals surface area (Å²) in [5, 5.41) is 8.63. The second-order valence-corrected chi connectivity index (χ2v) is 6.68. The molecule has 0 N–H and O–H groups in total. The Morgan fingerprint density at radius 2 is 2.13 bits per heavy atom. The maximum absolute atomic E-state index is 12.3. The Morgan fingerprint density at radius 1 is 1.43 bits per heavy atom. The molecule has 0 bridgehead atoms. The monoisotopic (exact) mass is 343 g/mol. The number of nitriles is 1. The molecule has 0 radical (unpaired) electrons. The quantitative estimate of drug-likeness (QED) is 0.450. The van der Waals surface area contributed by atoms with E-state index in [9.17, 15) is 4.79 Å². The van der Waals surface area contributed by atoms with E-state index in [2.05, 4.69) is 12.6 Å². The zero-order valence-electron chi connectivity index (χ0n) is 12.9. The lowest BCUT2D eigenvalue weighted by molar-refractivity contribution is -0.121. The van der Waals surface area contributed by atoms with Crippen molar-refractivity contribution >= 4 is 46.0 Å². The Labute approximate surface area is 146 Å². The third-order valence-electron chi connectivity index (χ3n) is 3.38. The Kier molecular flexibility index (Phi) is 5.97. The van der Waals surface area contributed by atoms with E-state index in [1.165, 1.54) is 11.8 Å². The highest BCUT2D eigenvalue weighted by atomic mass is 32.2. The number of anilines is 1. The van der Waals surface area contributed by atoms with Gasteiger partial charge in [-0.2, -0.15) is 5.26 Å². The molecule has 1 amide bonds. The fraction of sp³-hybridized carbons (Fsp3) is 0.235. The summed E-state index contributed by atoms with van der Waals surface area (Å²) in [6, 6.07) is 10.0. The van der Waals surface area contributed by atoms with Gasteiger partial charge in [0.2, 0.25) is 0 Å². The van der Waals surface area contributed by atoms with E-state index in [-0.39, 0.29) is 5.91 Å². The van der Waals surface area contributed by atoms with Gasteiger partial charge in [0.25, 0.3) is 5.91 Å². The van der Waals surface area contributed by atoms with Crippen molar-refractivity contribution < 1.29 is 4.79 Å². The van der Waals surface area contributed by atoms with E-state index in [1.807, 2.05) is 42.3 Å². The molecule has 1 fully saturated rings. The van der Waals surface area contributed by atoms with E-state index in [0.29, 0.717) is 28.7 Å². The van der Waals surface area contributed by atoms with Crippen molar-refractivity contribution in [3.05, 3.63) is 47.4 Å². The summed E-state index contributed by atoms with van der Waals surface area (Å²) in [5.41, 5.74) is 1.98. The van der Waals surface area contributed by atoms with Crippen molar-refractivity contribution in [1.82, 2.24) is 4.90 Å². The minimum absolute atomic E-state index is 0.0740. The average molecular weight is 343 g/mol. The van der Waals surface area contributed by atoms with Crippen molar-refractivity contribution in [2.75, 3.05) is 25.0 Å². The first-order valence-electron chi connectivity index (χ1n) is 7.11. The van der Waals surface area contributed by atoms with Gasteiger partial charge in [0.1, 0.15) is 4.32 Å². The molecule has 0 spiro atoms. The summed E-state index contributed by atoms with van der Waals surface area (Å²) in [7, 11) is 1.95. The van der Waals surface area contributed by atoms with E-state index < -0.39 is 0 Å². The van der Waals surface area contributed by atoms with Crippen LogP contribution >= 0.6 is 24.0 Å². The molecular formula is C17H17N3OS2. The van der Waals surface area contributed by atoms with Crippen LogP contribution in [0.5, 0.6) is 0 Å². The zero-order chi connectivity index (χ0) is 16.8. The second-order valence-electron chi connectivity index (χ2n) is 5.00. The van der Waals surface area contributed by atoms with Crippen molar-refractivity contribution in [3.8, 4) is 6.07 Å². The second kappa shape index (κ2) is 7.95. The summed E-state index contributed by atoms with van der Waals surface area (Å²) in [6.07, 6.45) is 4.01. The number of hydrogen-bond acceptors (Lipinski definition) is 5. The van der Waals surface area contributed by atoms with E-state index in [0.717, 1.165) is 11.3 Å². The summed E-state index contributed by atoms with van der Waals surface area (Å²) < 4.78 is 0.564. The van der Waals surface area contributed by atoms with Crippen LogP contribution in [0.25, 0.3) is 6.08 Å². The molecule has 0 atom stereocenters. The highest BCUT2D eigenvalue weighted by molar-refractivity contribution is 8.26. The van der Waals surface area contributed by atoms with Crippen LogP contribution in [0.1, 0.15) is 12.0 Å². The Bertz CT molecular complexity index is 689. The smallest absolute Gasteiger partial charge is 0.266 e. The minimum atomic E-state index is -0.0740. The summed E-state index contributed by atoms with van der Waals surface area (Å²) in [4.78, 5) is 16.5. The molecular weight excluding hydrogens is 326 g/mol. The topological polar surface area (TPSA) is 47.3 Å². The minimum Gasteiger partial charge on any atom is -0.374 e. The van der Waals surface area contributed by atoms with Crippen LogP contribution in [0, 0.1) is 11.3 Å². The SMILES string of the molecule is C=CCN1C(=O)/C(=C/c2ccc(N(C)CCC#N)cc2)SC1=S. The molecule has 2 rings (SSSR count). The third kappa shape index (κ3) is 4.21. The maximum Gasteiger partial charge on any atom is 0.266 e. The van der Waals surface area contributed by atoms with Crippen LogP contribution in [-0.4, -0.2) is 35.3 Å². The molecule has 0 saturated carbocycles. The zero-order valence-corrected chi connectivity index (χ0v) is 14.5. The van der Waals surface area contributed by atoms with Gasteiger partial charge in [0, 0.05) is 25.8 Å². The van der Waals surface area contributed by atoms with Gasteiger partial charge in [-0.05, 0) is 23.8 Å². The van der Waals surface area contributed by atoms with Crippen molar-refractivity contribution in [2.24, 2.45) is 0 Å². The number of amides is 1. The van der Waals surface area contributed by atoms with Crippen LogP contribution in [0.4, 0.5) is 5.69 Å². The van der Waals surface area contributed by atoms with Gasteiger partial charge >= 0.3 is 0 Å². The van der Waals surface area contributed by atoms with E-state index in [1.54, 1.807) is 11.0 Å². The van der Waals surface area contributed by atoms with Gasteiger partial charge in [0.05, 0.1) is 17.4 Å². The third-order valence-corrected chi connectivity index (χ3v) is 4.75. The molecule has 1 aromatic rings. The van der Waals surface area contributed by atoms with Crippen LogP contribution in [0.3, 0.4) is 0 Å². The fourth-order valence-electron chi connectivity index (χ4n) is 2.11. The van der Waals surface area contributed by atoms with Crippen LogP contribution in [0.2, 0.25) is 0 Å². The average Bonchev–Trinajstić information content (AvgIpc) is 2.81. The standard InChI is InChI=1S/C17H17N3OS2/c1-3-10-20-16(21)15(23-17(20)22)12-13-5-7-14(8-6-13)19(2)11-4-9-18/h3,5-8,12H,1,4,10-11H2,2H3/b15-12-. The molecule has 0 aromatic heterocycles. The van der Waals surface area contributed by atoms with E-state index >= 15 is 0 Å². The molecule has 118 valence electrons. The molecule has 4 nitrogen and oxygen atoms in total. The van der Waals surface area contributed by atoms with Gasteiger partial charge in [-0.1, -0.05) is 42.2 Å². The lowest BCUT2D eigenvalue weighted by atomic mass is 10.1. The molecule has 0 aliphatic carbocycles. The van der Waals surface area contributed by atoms with Gasteiger partial charge in [-0.15, -0.1) is 6.58 Å². The lowest BCUT2D eigenvalue weighted by Gasteiger charge is -2.17. The molecule has 1 aromatic carbocycles. The normalized spacial score (nSPS) is 15.8. The summed E-state index contributed by atoms with van der Waals surface area (Å²) in [6.45, 7) is 4.77. The summed E-state index contributed by atoms with van der Waals surface area (Å²) in [5.74, 6) is -0.0740. The van der Waals surface area contributed by atoms with Crippen molar-refractivity contribution in [1.29, 1.82) is 5.26 Å². The van der Waals surface area contributed by atoms with Crippen molar-refractivity contribution in [3.63, 3.8) is 0 Å². The van der Waals surface area contributed by atoms with E-state index in [4.69, 9.17) is 17.5 Å². The Balaban J connectivity index is 2.12. The summed E-state index contributed by atoms with van der Waals surface area (Å²) >= 11 is 6.53. The molecule has 6 heteroatoms. The largest absolute Gasteiger partial charge is 0.374 e. The predicted octanol–water partition coefficient (Wildman–Crippen LogP) is 3.42. The predicted molar refractivity (Wildman–Crippen MR) is 100 cm³/mol. The molecule has 1 aliphatic heterocycles. The maximum atomic E-state index is 12.3. The van der Waals surface area contributed by atoms with Gasteiger partial charge in [-0.3, -0.25) is 9.69 Å². The van der Waals surface area contributed by atoms with Crippen LogP contribution in [0.15, 0.2) is 41.8 Å². The number of thiocarbonyl (C=S) groups is 1. The number of carbonyl (C=O) groups is 1. The number of rotatable bonds is 6. The number of benzene rings is 1.